The first kappa shape index (κ1) is 31.4. The molecule has 0 aliphatic rings. The van der Waals surface area contributed by atoms with Crippen LogP contribution in [0, 0.1) is 0 Å². The van der Waals surface area contributed by atoms with Gasteiger partial charge in [0.15, 0.2) is 0 Å². The molecule has 0 spiro atoms. The van der Waals surface area contributed by atoms with Crippen LogP contribution < -0.4 is 0 Å². The average molecular weight is 757 g/mol. The molecule has 0 bridgehead atoms. The quantitative estimate of drug-likeness (QED) is 0.156. The molecule has 15 heteroatoms. The fourth-order valence-corrected chi connectivity index (χ4v) is 2.89. The second-order valence-electron chi connectivity index (χ2n) is 6.55. The van der Waals surface area contributed by atoms with Crippen molar-refractivity contribution in [3.05, 3.63) is 89.7 Å². The van der Waals surface area contributed by atoms with E-state index in [9.17, 15) is 34.5 Å². The van der Waals surface area contributed by atoms with Gasteiger partial charge in [-0.3, -0.25) is 9.97 Å². The van der Waals surface area contributed by atoms with Crippen molar-refractivity contribution in [2.24, 2.45) is 0 Å². The molecule has 4 rings (SSSR count). The number of hydrogen-bond acceptors (Lipinski definition) is 3. The van der Waals surface area contributed by atoms with E-state index >= 15 is 0 Å². The number of halogens is 9. The van der Waals surface area contributed by atoms with E-state index in [-0.39, 0.29) is 21.1 Å². The third kappa shape index (κ3) is 12.9. The van der Waals surface area contributed by atoms with Crippen LogP contribution in [0.4, 0.5) is 34.5 Å². The van der Waals surface area contributed by atoms with Gasteiger partial charge in [-0.15, -0.1) is 0 Å². The molecule has 0 unspecified atom stereocenters. The Labute approximate surface area is 224 Å². The molecular formula is C21H14B2BrF8N3Pt. The van der Waals surface area contributed by atoms with E-state index in [2.05, 4.69) is 50.2 Å². The van der Waals surface area contributed by atoms with Crippen LogP contribution in [-0.2, 0) is 21.1 Å². The molecule has 3 nitrogen and oxygen atoms in total. The maximum Gasteiger partial charge on any atom is 2.00 e. The van der Waals surface area contributed by atoms with Crippen LogP contribution in [0.1, 0.15) is 0 Å². The van der Waals surface area contributed by atoms with Gasteiger partial charge < -0.3 is 34.5 Å². The number of hydrogen-bond donors (Lipinski definition) is 0. The summed E-state index contributed by atoms with van der Waals surface area (Å²) in [4.78, 5) is 13.7. The summed E-state index contributed by atoms with van der Waals surface area (Å²) in [6.45, 7) is 0. The van der Waals surface area contributed by atoms with Crippen LogP contribution in [0.5, 0.6) is 0 Å². The van der Waals surface area contributed by atoms with E-state index in [1.54, 1.807) is 12.4 Å². The Morgan fingerprint density at radius 1 is 0.528 bits per heavy atom. The predicted molar refractivity (Wildman–Crippen MR) is 124 cm³/mol. The number of aromatic nitrogens is 3. The van der Waals surface area contributed by atoms with Crippen LogP contribution in [0.15, 0.2) is 89.7 Å². The first-order chi connectivity index (χ1) is 16.3. The van der Waals surface area contributed by atoms with Gasteiger partial charge in [-0.2, -0.15) is 0 Å². The van der Waals surface area contributed by atoms with Crippen molar-refractivity contribution in [2.75, 3.05) is 0 Å². The van der Waals surface area contributed by atoms with Crippen LogP contribution in [0.3, 0.4) is 0 Å². The fraction of sp³-hybridized carbons (Fsp3) is 0. The Kier molecular flexibility index (Phi) is 12.4. The van der Waals surface area contributed by atoms with Gasteiger partial charge in [-0.05, 0) is 59.7 Å². The van der Waals surface area contributed by atoms with Crippen molar-refractivity contribution in [2.45, 2.75) is 0 Å². The van der Waals surface area contributed by atoms with E-state index < -0.39 is 14.5 Å². The molecule has 192 valence electrons. The summed E-state index contributed by atoms with van der Waals surface area (Å²) >= 11 is 3.49. The molecule has 0 saturated heterocycles. The molecule has 1 aromatic carbocycles. The van der Waals surface area contributed by atoms with E-state index in [1.807, 2.05) is 48.5 Å². The topological polar surface area (TPSA) is 38.7 Å². The minimum absolute atomic E-state index is 0. The first-order valence-electron chi connectivity index (χ1n) is 9.65. The van der Waals surface area contributed by atoms with E-state index in [0.717, 1.165) is 38.4 Å². The summed E-state index contributed by atoms with van der Waals surface area (Å²) in [5.74, 6) is 0. The molecule has 0 amide bonds. The van der Waals surface area contributed by atoms with Crippen molar-refractivity contribution in [3.8, 4) is 33.9 Å². The van der Waals surface area contributed by atoms with Crippen molar-refractivity contribution in [3.63, 3.8) is 0 Å². The Balaban J connectivity index is 0.000000505. The molecular weight excluding hydrogens is 743 g/mol. The molecule has 3 aromatic heterocycles. The van der Waals surface area contributed by atoms with Crippen molar-refractivity contribution in [1.29, 1.82) is 0 Å². The van der Waals surface area contributed by atoms with Gasteiger partial charge in [-0.25, -0.2) is 4.98 Å². The van der Waals surface area contributed by atoms with Gasteiger partial charge in [0.05, 0.1) is 22.8 Å². The van der Waals surface area contributed by atoms with Gasteiger partial charge >= 0.3 is 35.6 Å². The number of benzene rings is 1. The summed E-state index contributed by atoms with van der Waals surface area (Å²) in [5.41, 5.74) is 5.57. The number of rotatable bonds is 3. The standard InChI is InChI=1S/C21H14BrN3.2BF4.Pt/c22-17-9-7-15(8-10-17)16-13-20(18-5-1-3-11-23-18)25-21(14-16)19-6-2-4-12-24-19;2*2-1(3,4)5;/h1-14H;;;/q;2*-1;+2. The number of nitrogens with zero attached hydrogens (tertiary/aromatic N) is 3. The number of pyridine rings is 3. The predicted octanol–water partition coefficient (Wildman–Crippen LogP) is 8.23. The average Bonchev–Trinajstić information content (AvgIpc) is 2.78. The molecule has 0 radical (unpaired) electrons. The van der Waals surface area contributed by atoms with Crippen LogP contribution >= 0.6 is 15.9 Å². The normalized spacial score (nSPS) is 10.7. The summed E-state index contributed by atoms with van der Waals surface area (Å²) in [6.07, 6.45) is 3.56. The third-order valence-electron chi connectivity index (χ3n) is 3.86. The monoisotopic (exact) mass is 756 g/mol. The Morgan fingerprint density at radius 3 is 1.25 bits per heavy atom. The van der Waals surface area contributed by atoms with E-state index in [0.29, 0.717) is 0 Å². The third-order valence-corrected chi connectivity index (χ3v) is 4.39. The molecule has 3 heterocycles. The minimum atomic E-state index is -6.00. The zero-order valence-corrected chi connectivity index (χ0v) is 21.7. The maximum absolute atomic E-state index is 9.75. The van der Waals surface area contributed by atoms with Gasteiger partial charge in [0.2, 0.25) is 0 Å². The smallest absolute Gasteiger partial charge is 0.418 e. The van der Waals surface area contributed by atoms with E-state index in [4.69, 9.17) is 4.98 Å². The Morgan fingerprint density at radius 2 is 0.917 bits per heavy atom. The molecule has 36 heavy (non-hydrogen) atoms. The second kappa shape index (κ2) is 14.2. The zero-order chi connectivity index (χ0) is 26.1. The molecule has 0 aliphatic heterocycles. The second-order valence-corrected chi connectivity index (χ2v) is 7.47. The first-order valence-corrected chi connectivity index (χ1v) is 10.4. The van der Waals surface area contributed by atoms with Crippen LogP contribution in [0.25, 0.3) is 33.9 Å². The molecule has 0 aliphatic carbocycles. The summed E-state index contributed by atoms with van der Waals surface area (Å²) in [7, 11) is -12.0. The van der Waals surface area contributed by atoms with Gasteiger partial charge in [0.1, 0.15) is 0 Å². The SMILES string of the molecule is Brc1ccc(-c2cc(-c3ccccn3)nc(-c3ccccn3)c2)cc1.F[B-](F)(F)F.F[B-](F)(F)F.[Pt+2]. The summed E-state index contributed by atoms with van der Waals surface area (Å²) in [6, 6.07) is 24.1. The molecule has 0 N–H and O–H groups in total. The van der Waals surface area contributed by atoms with E-state index in [1.165, 1.54) is 0 Å². The minimum Gasteiger partial charge on any atom is -0.418 e. The van der Waals surface area contributed by atoms with Gasteiger partial charge in [-0.1, -0.05) is 40.2 Å². The van der Waals surface area contributed by atoms with Crippen LogP contribution in [-0.4, -0.2) is 29.5 Å². The Hall–Kier alpha value is -2.59. The van der Waals surface area contributed by atoms with Crippen molar-refractivity contribution in [1.82, 2.24) is 15.0 Å². The molecule has 0 fully saturated rings. The fourth-order valence-electron chi connectivity index (χ4n) is 2.63. The largest absolute Gasteiger partial charge is 2.00 e. The van der Waals surface area contributed by atoms with Crippen molar-refractivity contribution >= 4 is 30.4 Å². The summed E-state index contributed by atoms with van der Waals surface area (Å²) in [5, 5.41) is 0. The maximum atomic E-state index is 9.75. The molecule has 0 saturated carbocycles. The Bertz CT molecular complexity index is 1120. The summed E-state index contributed by atoms with van der Waals surface area (Å²) < 4.78 is 79.1. The van der Waals surface area contributed by atoms with Gasteiger partial charge in [0, 0.05) is 16.9 Å². The van der Waals surface area contributed by atoms with Crippen LogP contribution in [0.2, 0.25) is 0 Å². The van der Waals surface area contributed by atoms with Gasteiger partial charge in [0.25, 0.3) is 0 Å². The molecule has 4 aromatic rings. The zero-order valence-electron chi connectivity index (χ0n) is 17.8. The van der Waals surface area contributed by atoms with Crippen molar-refractivity contribution < 1.29 is 55.6 Å². The molecule has 0 atom stereocenters.